The highest BCUT2D eigenvalue weighted by atomic mass is 35.5. The number of halogens is 4. The molecule has 0 N–H and O–H groups in total. The van der Waals surface area contributed by atoms with Crippen molar-refractivity contribution < 1.29 is 18.0 Å². The first-order valence-electron chi connectivity index (χ1n) is 7.98. The van der Waals surface area contributed by atoms with E-state index >= 15 is 0 Å². The van der Waals surface area contributed by atoms with Gasteiger partial charge in [0.25, 0.3) is 0 Å². The minimum atomic E-state index is -4.47. The molecule has 1 aromatic carbocycles. The summed E-state index contributed by atoms with van der Waals surface area (Å²) in [6.45, 7) is -0.167. The molecule has 4 nitrogen and oxygen atoms in total. The fraction of sp³-hybridized carbons (Fsp3) is 0.158. The van der Waals surface area contributed by atoms with Gasteiger partial charge in [-0.05, 0) is 29.8 Å². The van der Waals surface area contributed by atoms with E-state index in [9.17, 15) is 18.0 Å². The van der Waals surface area contributed by atoms with Gasteiger partial charge in [0.15, 0.2) is 5.15 Å². The van der Waals surface area contributed by atoms with Crippen molar-refractivity contribution in [2.24, 2.45) is 0 Å². The van der Waals surface area contributed by atoms with Gasteiger partial charge in [-0.1, -0.05) is 35.9 Å². The summed E-state index contributed by atoms with van der Waals surface area (Å²) >= 11 is 6.10. The fourth-order valence-electron chi connectivity index (χ4n) is 2.68. The molecule has 0 saturated heterocycles. The maximum atomic E-state index is 13.1. The zero-order valence-electron chi connectivity index (χ0n) is 14.2. The number of hydrogen-bond donors (Lipinski definition) is 0. The van der Waals surface area contributed by atoms with Crippen LogP contribution in [0.4, 0.5) is 13.2 Å². The Labute approximate surface area is 158 Å². The highest BCUT2D eigenvalue weighted by Gasteiger charge is 2.33. The van der Waals surface area contributed by atoms with E-state index in [4.69, 9.17) is 11.6 Å². The fourth-order valence-corrected chi connectivity index (χ4v) is 2.92. The van der Waals surface area contributed by atoms with Crippen molar-refractivity contribution in [2.45, 2.75) is 12.7 Å². The largest absolute Gasteiger partial charge is 0.416 e. The first kappa shape index (κ1) is 19.0. The lowest BCUT2D eigenvalue weighted by molar-refractivity contribution is -0.139. The van der Waals surface area contributed by atoms with Crippen LogP contribution in [-0.4, -0.2) is 27.2 Å². The molecular formula is C19H15ClF3N3O. The van der Waals surface area contributed by atoms with Crippen LogP contribution in [0.3, 0.4) is 0 Å². The average Bonchev–Trinajstić information content (AvgIpc) is 2.94. The first-order chi connectivity index (χ1) is 12.8. The predicted molar refractivity (Wildman–Crippen MR) is 97.2 cm³/mol. The number of carbonyl (C=O) groups is 1. The topological polar surface area (TPSA) is 37.6 Å². The Morgan fingerprint density at radius 1 is 1.22 bits per heavy atom. The molecule has 0 aliphatic heterocycles. The van der Waals surface area contributed by atoms with Gasteiger partial charge in [0.05, 0.1) is 11.3 Å². The normalized spacial score (nSPS) is 12.0. The van der Waals surface area contributed by atoms with Crippen LogP contribution < -0.4 is 0 Å². The maximum Gasteiger partial charge on any atom is 0.416 e. The van der Waals surface area contributed by atoms with Gasteiger partial charge in [0.1, 0.15) is 5.65 Å². The monoisotopic (exact) mass is 393 g/mol. The summed E-state index contributed by atoms with van der Waals surface area (Å²) in [4.78, 5) is 17.7. The van der Waals surface area contributed by atoms with Crippen molar-refractivity contribution in [2.75, 3.05) is 7.05 Å². The molecule has 0 saturated carbocycles. The summed E-state index contributed by atoms with van der Waals surface area (Å²) in [5.41, 5.74) is 0.423. The van der Waals surface area contributed by atoms with Gasteiger partial charge in [0.2, 0.25) is 5.91 Å². The number of carbonyl (C=O) groups excluding carboxylic acids is 1. The number of imidazole rings is 1. The Morgan fingerprint density at radius 3 is 2.67 bits per heavy atom. The van der Waals surface area contributed by atoms with Gasteiger partial charge >= 0.3 is 6.18 Å². The average molecular weight is 394 g/mol. The molecule has 0 fully saturated rings. The Kier molecular flexibility index (Phi) is 5.23. The second-order valence-electron chi connectivity index (χ2n) is 5.90. The van der Waals surface area contributed by atoms with E-state index in [-0.39, 0.29) is 17.3 Å². The van der Waals surface area contributed by atoms with E-state index in [1.54, 1.807) is 22.7 Å². The summed E-state index contributed by atoms with van der Waals surface area (Å²) in [5, 5.41) is 0.232. The molecule has 2 aromatic heterocycles. The van der Waals surface area contributed by atoms with E-state index in [1.807, 2.05) is 6.07 Å². The summed E-state index contributed by atoms with van der Waals surface area (Å²) in [7, 11) is 1.44. The number of benzene rings is 1. The molecule has 0 atom stereocenters. The van der Waals surface area contributed by atoms with Gasteiger partial charge in [0, 0.05) is 25.9 Å². The smallest absolute Gasteiger partial charge is 0.338 e. The molecule has 8 heteroatoms. The number of hydrogen-bond acceptors (Lipinski definition) is 2. The van der Waals surface area contributed by atoms with Crippen molar-refractivity contribution in [3.8, 4) is 0 Å². The van der Waals surface area contributed by atoms with Gasteiger partial charge in [-0.2, -0.15) is 13.2 Å². The molecule has 27 heavy (non-hydrogen) atoms. The summed E-state index contributed by atoms with van der Waals surface area (Å²) in [5.74, 6) is -0.450. The van der Waals surface area contributed by atoms with Gasteiger partial charge in [-0.15, -0.1) is 0 Å². The van der Waals surface area contributed by atoms with Crippen LogP contribution in [-0.2, 0) is 17.5 Å². The van der Waals surface area contributed by atoms with E-state index in [0.29, 0.717) is 11.3 Å². The van der Waals surface area contributed by atoms with Crippen LogP contribution >= 0.6 is 11.6 Å². The number of nitrogens with zero attached hydrogens (tertiary/aromatic N) is 3. The van der Waals surface area contributed by atoms with Crippen LogP contribution in [0.5, 0.6) is 0 Å². The molecule has 0 unspecified atom stereocenters. The Bertz CT molecular complexity index is 1010. The quantitative estimate of drug-likeness (QED) is 0.604. The van der Waals surface area contributed by atoms with E-state index < -0.39 is 17.6 Å². The van der Waals surface area contributed by atoms with Gasteiger partial charge < -0.3 is 4.90 Å². The number of amides is 1. The molecule has 3 aromatic rings. The third kappa shape index (κ3) is 4.14. The van der Waals surface area contributed by atoms with E-state index in [0.717, 1.165) is 6.07 Å². The maximum absolute atomic E-state index is 13.1. The molecule has 0 aliphatic rings. The molecule has 0 aliphatic carbocycles. The van der Waals surface area contributed by atoms with Crippen LogP contribution in [0.1, 0.15) is 16.8 Å². The van der Waals surface area contributed by atoms with Crippen LogP contribution in [0.2, 0.25) is 5.15 Å². The molecule has 0 spiro atoms. The summed E-state index contributed by atoms with van der Waals surface area (Å²) in [6.07, 6.45) is 0.0391. The molecule has 0 bridgehead atoms. The molecule has 140 valence electrons. The second-order valence-corrected chi connectivity index (χ2v) is 6.26. The molecule has 0 radical (unpaired) electrons. The van der Waals surface area contributed by atoms with Crippen molar-refractivity contribution in [1.29, 1.82) is 0 Å². The predicted octanol–water partition coefficient (Wildman–Crippen LogP) is 4.68. The molecule has 1 amide bonds. The number of likely N-dealkylation sites (N-methyl/N-ethyl adjacent to an activating group) is 1. The number of alkyl halides is 3. The number of pyridine rings is 1. The number of rotatable bonds is 4. The molecular weight excluding hydrogens is 379 g/mol. The lowest BCUT2D eigenvalue weighted by Gasteiger charge is -2.19. The van der Waals surface area contributed by atoms with Crippen LogP contribution in [0.25, 0.3) is 11.7 Å². The Hall–Kier alpha value is -2.80. The van der Waals surface area contributed by atoms with Crippen LogP contribution in [0, 0.1) is 0 Å². The third-order valence-corrected chi connectivity index (χ3v) is 4.29. The van der Waals surface area contributed by atoms with Gasteiger partial charge in [-0.25, -0.2) is 4.98 Å². The lowest BCUT2D eigenvalue weighted by Crippen LogP contribution is -2.25. The minimum Gasteiger partial charge on any atom is -0.338 e. The van der Waals surface area contributed by atoms with Crippen molar-refractivity contribution in [1.82, 2.24) is 14.3 Å². The Morgan fingerprint density at radius 2 is 1.93 bits per heavy atom. The van der Waals surface area contributed by atoms with E-state index in [1.165, 1.54) is 42.3 Å². The van der Waals surface area contributed by atoms with Crippen molar-refractivity contribution in [3.05, 3.63) is 76.7 Å². The van der Waals surface area contributed by atoms with Crippen LogP contribution in [0.15, 0.2) is 54.7 Å². The number of aromatic nitrogens is 2. The highest BCUT2D eigenvalue weighted by molar-refractivity contribution is 6.31. The minimum absolute atomic E-state index is 0.0297. The standard InChI is InChI=1S/C19H15ClF3N3O/c1-25(12-13-6-2-3-7-14(13)19(21,22)23)17(27)10-9-15-18(20)24-16-8-4-5-11-26(15)16/h2-11H,12H2,1H3/b10-9+. The lowest BCUT2D eigenvalue weighted by atomic mass is 10.1. The summed E-state index contributed by atoms with van der Waals surface area (Å²) < 4.78 is 41.0. The SMILES string of the molecule is CN(Cc1ccccc1C(F)(F)F)C(=O)/C=C/c1c(Cl)nc2ccccn12. The first-order valence-corrected chi connectivity index (χ1v) is 8.36. The van der Waals surface area contributed by atoms with Gasteiger partial charge in [-0.3, -0.25) is 9.20 Å². The molecule has 2 heterocycles. The zero-order valence-corrected chi connectivity index (χ0v) is 15.0. The molecule has 3 rings (SSSR count). The summed E-state index contributed by atoms with van der Waals surface area (Å²) in [6, 6.07) is 10.6. The van der Waals surface area contributed by atoms with Crippen molar-refractivity contribution >= 4 is 29.2 Å². The Balaban J connectivity index is 1.79. The highest BCUT2D eigenvalue weighted by Crippen LogP contribution is 2.32. The van der Waals surface area contributed by atoms with Crippen molar-refractivity contribution in [3.63, 3.8) is 0 Å². The number of fused-ring (bicyclic) bond motifs is 1. The second kappa shape index (κ2) is 7.44. The zero-order chi connectivity index (χ0) is 19.6. The van der Waals surface area contributed by atoms with E-state index in [2.05, 4.69) is 4.98 Å². The third-order valence-electron chi connectivity index (χ3n) is 4.01.